The minimum atomic E-state index is -0.430. The van der Waals surface area contributed by atoms with Gasteiger partial charge in [0.25, 0.3) is 0 Å². The van der Waals surface area contributed by atoms with Crippen molar-refractivity contribution in [2.75, 3.05) is 5.43 Å². The van der Waals surface area contributed by atoms with E-state index in [-0.39, 0.29) is 5.69 Å². The highest BCUT2D eigenvalue weighted by Crippen LogP contribution is 2.28. The predicted octanol–water partition coefficient (Wildman–Crippen LogP) is 3.52. The standard InChI is InChI=1S/C14H15FN2O/c1-9-4-3-5-11(6-9)18-12-7-10(2)14(17-16)13(15)8-12/h3-8,17H,16H2,1-2H3. The maximum Gasteiger partial charge on any atom is 0.151 e. The summed E-state index contributed by atoms with van der Waals surface area (Å²) in [6.45, 7) is 3.74. The fraction of sp³-hybridized carbons (Fsp3) is 0.143. The Bertz CT molecular complexity index is 546. The predicted molar refractivity (Wildman–Crippen MR) is 70.2 cm³/mol. The molecule has 0 amide bonds. The largest absolute Gasteiger partial charge is 0.457 e. The molecular formula is C14H15FN2O. The van der Waals surface area contributed by atoms with Crippen molar-refractivity contribution in [3.63, 3.8) is 0 Å². The van der Waals surface area contributed by atoms with Crippen LogP contribution in [-0.4, -0.2) is 0 Å². The van der Waals surface area contributed by atoms with Gasteiger partial charge in [0, 0.05) is 6.07 Å². The molecule has 0 aromatic heterocycles. The molecule has 2 aromatic carbocycles. The average molecular weight is 246 g/mol. The highest BCUT2D eigenvalue weighted by molar-refractivity contribution is 5.54. The third-order valence-electron chi connectivity index (χ3n) is 2.63. The van der Waals surface area contributed by atoms with Crippen LogP contribution in [0.2, 0.25) is 0 Å². The molecule has 0 atom stereocenters. The van der Waals surface area contributed by atoms with Crippen LogP contribution in [0.4, 0.5) is 10.1 Å². The van der Waals surface area contributed by atoms with Crippen LogP contribution in [0.25, 0.3) is 0 Å². The second kappa shape index (κ2) is 5.06. The van der Waals surface area contributed by atoms with Crippen LogP contribution in [0, 0.1) is 19.7 Å². The van der Waals surface area contributed by atoms with Crippen LogP contribution in [0.3, 0.4) is 0 Å². The smallest absolute Gasteiger partial charge is 0.151 e. The zero-order chi connectivity index (χ0) is 13.1. The van der Waals surface area contributed by atoms with Crippen molar-refractivity contribution >= 4 is 5.69 Å². The highest BCUT2D eigenvalue weighted by atomic mass is 19.1. The van der Waals surface area contributed by atoms with E-state index in [0.717, 1.165) is 5.56 Å². The summed E-state index contributed by atoms with van der Waals surface area (Å²) in [6, 6.07) is 10.6. The molecule has 0 spiro atoms. The number of hydrazine groups is 1. The fourth-order valence-corrected chi connectivity index (χ4v) is 1.77. The lowest BCUT2D eigenvalue weighted by Gasteiger charge is -2.11. The van der Waals surface area contributed by atoms with Gasteiger partial charge in [-0.3, -0.25) is 5.84 Å². The van der Waals surface area contributed by atoms with Crippen LogP contribution in [-0.2, 0) is 0 Å². The Morgan fingerprint density at radius 1 is 1.11 bits per heavy atom. The fourth-order valence-electron chi connectivity index (χ4n) is 1.77. The number of aryl methyl sites for hydroxylation is 2. The van der Waals surface area contributed by atoms with Gasteiger partial charge in [-0.15, -0.1) is 0 Å². The van der Waals surface area contributed by atoms with Crippen molar-refractivity contribution in [3.05, 3.63) is 53.3 Å². The number of nitrogens with one attached hydrogen (secondary N) is 1. The molecule has 0 heterocycles. The lowest BCUT2D eigenvalue weighted by molar-refractivity contribution is 0.476. The molecule has 0 saturated carbocycles. The molecule has 0 aliphatic heterocycles. The van der Waals surface area contributed by atoms with Crippen LogP contribution in [0.5, 0.6) is 11.5 Å². The Labute approximate surface area is 105 Å². The molecule has 0 bridgehead atoms. The van der Waals surface area contributed by atoms with E-state index in [1.165, 1.54) is 6.07 Å². The summed E-state index contributed by atoms with van der Waals surface area (Å²) in [7, 11) is 0. The summed E-state index contributed by atoms with van der Waals surface area (Å²) >= 11 is 0. The third kappa shape index (κ3) is 2.60. The van der Waals surface area contributed by atoms with Gasteiger partial charge in [0.05, 0.1) is 5.69 Å². The van der Waals surface area contributed by atoms with Crippen molar-refractivity contribution < 1.29 is 9.13 Å². The number of nitrogens with two attached hydrogens (primary N) is 1. The van der Waals surface area contributed by atoms with Gasteiger partial charge < -0.3 is 10.2 Å². The summed E-state index contributed by atoms with van der Waals surface area (Å²) in [4.78, 5) is 0. The Morgan fingerprint density at radius 2 is 1.89 bits per heavy atom. The van der Waals surface area contributed by atoms with Gasteiger partial charge in [-0.25, -0.2) is 4.39 Å². The molecule has 0 aliphatic rings. The second-order valence-corrected chi connectivity index (χ2v) is 4.16. The summed E-state index contributed by atoms with van der Waals surface area (Å²) in [5.74, 6) is 5.95. The van der Waals surface area contributed by atoms with Gasteiger partial charge in [-0.1, -0.05) is 12.1 Å². The molecule has 2 aromatic rings. The van der Waals surface area contributed by atoms with Crippen LogP contribution < -0.4 is 16.0 Å². The minimum absolute atomic E-state index is 0.284. The quantitative estimate of drug-likeness (QED) is 0.643. The number of ether oxygens (including phenoxy) is 1. The summed E-state index contributed by atoms with van der Waals surface area (Å²) in [5, 5.41) is 0. The summed E-state index contributed by atoms with van der Waals surface area (Å²) in [6.07, 6.45) is 0. The summed E-state index contributed by atoms with van der Waals surface area (Å²) < 4.78 is 19.3. The molecule has 0 unspecified atom stereocenters. The summed E-state index contributed by atoms with van der Waals surface area (Å²) in [5.41, 5.74) is 4.40. The molecule has 0 radical (unpaired) electrons. The second-order valence-electron chi connectivity index (χ2n) is 4.16. The van der Waals surface area contributed by atoms with Gasteiger partial charge in [-0.2, -0.15) is 0 Å². The van der Waals surface area contributed by atoms with Gasteiger partial charge >= 0.3 is 0 Å². The lowest BCUT2D eigenvalue weighted by Crippen LogP contribution is -2.10. The highest BCUT2D eigenvalue weighted by Gasteiger charge is 2.08. The zero-order valence-electron chi connectivity index (χ0n) is 10.3. The van der Waals surface area contributed by atoms with E-state index < -0.39 is 5.82 Å². The lowest BCUT2D eigenvalue weighted by atomic mass is 10.2. The third-order valence-corrected chi connectivity index (χ3v) is 2.63. The first-order chi connectivity index (χ1) is 8.60. The first-order valence-electron chi connectivity index (χ1n) is 5.61. The molecule has 94 valence electrons. The van der Waals surface area contributed by atoms with Gasteiger partial charge in [-0.05, 0) is 43.2 Å². The van der Waals surface area contributed by atoms with Crippen molar-refractivity contribution in [1.82, 2.24) is 0 Å². The SMILES string of the molecule is Cc1cccc(Oc2cc(C)c(NN)c(F)c2)c1. The van der Waals surface area contributed by atoms with E-state index >= 15 is 0 Å². The van der Waals surface area contributed by atoms with E-state index in [1.807, 2.05) is 31.2 Å². The first kappa shape index (κ1) is 12.4. The van der Waals surface area contributed by atoms with E-state index in [2.05, 4.69) is 5.43 Å². The van der Waals surface area contributed by atoms with E-state index in [9.17, 15) is 4.39 Å². The Kier molecular flexibility index (Phi) is 3.48. The topological polar surface area (TPSA) is 47.3 Å². The Balaban J connectivity index is 2.30. The maximum absolute atomic E-state index is 13.7. The molecule has 18 heavy (non-hydrogen) atoms. The number of rotatable bonds is 3. The molecule has 0 fully saturated rings. The Hall–Kier alpha value is -2.07. The van der Waals surface area contributed by atoms with Gasteiger partial charge in [0.15, 0.2) is 5.82 Å². The zero-order valence-corrected chi connectivity index (χ0v) is 10.3. The first-order valence-corrected chi connectivity index (χ1v) is 5.61. The maximum atomic E-state index is 13.7. The molecular weight excluding hydrogens is 231 g/mol. The van der Waals surface area contributed by atoms with Crippen LogP contribution >= 0.6 is 0 Å². The van der Waals surface area contributed by atoms with E-state index in [4.69, 9.17) is 10.6 Å². The minimum Gasteiger partial charge on any atom is -0.457 e. The number of halogens is 1. The van der Waals surface area contributed by atoms with Gasteiger partial charge in [0.2, 0.25) is 0 Å². The number of hydrogen-bond donors (Lipinski definition) is 2. The van der Waals surface area contributed by atoms with E-state index in [0.29, 0.717) is 17.1 Å². The number of hydrogen-bond acceptors (Lipinski definition) is 3. The number of anilines is 1. The van der Waals surface area contributed by atoms with Crippen LogP contribution in [0.15, 0.2) is 36.4 Å². The van der Waals surface area contributed by atoms with Crippen molar-refractivity contribution in [2.24, 2.45) is 5.84 Å². The van der Waals surface area contributed by atoms with Gasteiger partial charge in [0.1, 0.15) is 11.5 Å². The van der Waals surface area contributed by atoms with Crippen molar-refractivity contribution in [3.8, 4) is 11.5 Å². The Morgan fingerprint density at radius 3 is 2.50 bits per heavy atom. The molecule has 0 aliphatic carbocycles. The molecule has 0 saturated heterocycles. The van der Waals surface area contributed by atoms with E-state index in [1.54, 1.807) is 13.0 Å². The molecule has 3 nitrogen and oxygen atoms in total. The molecule has 3 N–H and O–H groups in total. The molecule has 2 rings (SSSR count). The molecule has 4 heteroatoms. The van der Waals surface area contributed by atoms with Crippen molar-refractivity contribution in [1.29, 1.82) is 0 Å². The monoisotopic (exact) mass is 246 g/mol. The normalized spacial score (nSPS) is 10.2. The average Bonchev–Trinajstić information content (AvgIpc) is 2.28. The van der Waals surface area contributed by atoms with Crippen molar-refractivity contribution in [2.45, 2.75) is 13.8 Å². The number of nitrogen functional groups attached to an aromatic ring is 1. The van der Waals surface area contributed by atoms with Crippen LogP contribution in [0.1, 0.15) is 11.1 Å². The number of benzene rings is 2.